The lowest BCUT2D eigenvalue weighted by Crippen LogP contribution is -2.23. The van der Waals surface area contributed by atoms with E-state index in [4.69, 9.17) is 9.26 Å². The number of hydrogen-bond acceptors (Lipinski definition) is 5. The molecule has 0 saturated carbocycles. The predicted molar refractivity (Wildman–Crippen MR) is 78.0 cm³/mol. The van der Waals surface area contributed by atoms with Crippen LogP contribution in [0.4, 0.5) is 0 Å². The zero-order chi connectivity index (χ0) is 15.2. The van der Waals surface area contributed by atoms with Gasteiger partial charge in [0, 0.05) is 12.1 Å². The minimum atomic E-state index is -0.423. The third kappa shape index (κ3) is 3.92. The molecular weight excluding hydrogens is 270 g/mol. The summed E-state index contributed by atoms with van der Waals surface area (Å²) in [5.74, 6) is 0.624. The number of ether oxygens (including phenoxy) is 1. The smallest absolute Gasteiger partial charge is 0.316 e. The van der Waals surface area contributed by atoms with Gasteiger partial charge in [-0.3, -0.25) is 4.79 Å². The molecule has 21 heavy (non-hydrogen) atoms. The third-order valence-electron chi connectivity index (χ3n) is 2.51. The van der Waals surface area contributed by atoms with Crippen LogP contribution < -0.4 is 10.1 Å². The molecule has 1 heterocycles. The topological polar surface area (TPSA) is 77.2 Å². The van der Waals surface area contributed by atoms with Crippen LogP contribution in [-0.2, 0) is 0 Å². The SMILES string of the molecule is C=CCNC(=O)c1nc(-c2ccc(OC(C)C)cc2)no1. The van der Waals surface area contributed by atoms with Crippen molar-refractivity contribution in [2.45, 2.75) is 20.0 Å². The molecule has 0 spiro atoms. The summed E-state index contributed by atoms with van der Waals surface area (Å²) in [6.45, 7) is 7.78. The molecule has 0 bridgehead atoms. The Balaban J connectivity index is 2.10. The first-order chi connectivity index (χ1) is 10.1. The largest absolute Gasteiger partial charge is 0.491 e. The number of rotatable bonds is 6. The maximum atomic E-state index is 11.6. The van der Waals surface area contributed by atoms with Gasteiger partial charge in [0.25, 0.3) is 0 Å². The zero-order valence-corrected chi connectivity index (χ0v) is 12.0. The van der Waals surface area contributed by atoms with Crippen LogP contribution in [0.15, 0.2) is 41.4 Å². The Morgan fingerprint density at radius 1 is 1.43 bits per heavy atom. The molecule has 110 valence electrons. The number of carbonyl (C=O) groups is 1. The van der Waals surface area contributed by atoms with Gasteiger partial charge in [-0.2, -0.15) is 4.98 Å². The summed E-state index contributed by atoms with van der Waals surface area (Å²) in [4.78, 5) is 15.7. The Bertz CT molecular complexity index is 617. The number of carbonyl (C=O) groups excluding carboxylic acids is 1. The molecular formula is C15H17N3O3. The van der Waals surface area contributed by atoms with E-state index >= 15 is 0 Å². The van der Waals surface area contributed by atoms with Crippen molar-refractivity contribution in [3.63, 3.8) is 0 Å². The average molecular weight is 287 g/mol. The number of benzene rings is 1. The van der Waals surface area contributed by atoms with Gasteiger partial charge in [-0.05, 0) is 38.1 Å². The van der Waals surface area contributed by atoms with Gasteiger partial charge in [0.2, 0.25) is 5.82 Å². The van der Waals surface area contributed by atoms with Crippen LogP contribution in [0.1, 0.15) is 24.5 Å². The van der Waals surface area contributed by atoms with Gasteiger partial charge >= 0.3 is 11.8 Å². The second kappa shape index (κ2) is 6.69. The molecule has 0 saturated heterocycles. The van der Waals surface area contributed by atoms with Crippen molar-refractivity contribution in [2.75, 3.05) is 6.54 Å². The van der Waals surface area contributed by atoms with Gasteiger partial charge in [-0.15, -0.1) is 6.58 Å². The highest BCUT2D eigenvalue weighted by Gasteiger charge is 2.15. The van der Waals surface area contributed by atoms with Gasteiger partial charge in [0.1, 0.15) is 5.75 Å². The predicted octanol–water partition coefficient (Wildman–Crippen LogP) is 2.44. The van der Waals surface area contributed by atoms with Gasteiger partial charge < -0.3 is 14.6 Å². The van der Waals surface area contributed by atoms with Crippen LogP contribution in [0.3, 0.4) is 0 Å². The lowest BCUT2D eigenvalue weighted by molar-refractivity contribution is 0.0914. The van der Waals surface area contributed by atoms with E-state index < -0.39 is 5.91 Å². The second-order valence-corrected chi connectivity index (χ2v) is 4.61. The summed E-state index contributed by atoms with van der Waals surface area (Å²) in [5, 5.41) is 6.36. The van der Waals surface area contributed by atoms with Crippen LogP contribution in [0, 0.1) is 0 Å². The molecule has 1 N–H and O–H groups in total. The molecule has 1 aromatic heterocycles. The summed E-state index contributed by atoms with van der Waals surface area (Å²) >= 11 is 0. The van der Waals surface area contributed by atoms with Crippen LogP contribution in [0.2, 0.25) is 0 Å². The lowest BCUT2D eigenvalue weighted by Gasteiger charge is -2.09. The summed E-state index contributed by atoms with van der Waals surface area (Å²) in [5.41, 5.74) is 0.748. The Morgan fingerprint density at radius 2 is 2.14 bits per heavy atom. The lowest BCUT2D eigenvalue weighted by atomic mass is 10.2. The van der Waals surface area contributed by atoms with Crippen molar-refractivity contribution in [1.29, 1.82) is 0 Å². The molecule has 0 aliphatic carbocycles. The van der Waals surface area contributed by atoms with Gasteiger partial charge in [-0.25, -0.2) is 0 Å². The van der Waals surface area contributed by atoms with Crippen molar-refractivity contribution in [1.82, 2.24) is 15.5 Å². The zero-order valence-electron chi connectivity index (χ0n) is 12.0. The van der Waals surface area contributed by atoms with Gasteiger partial charge in [0.15, 0.2) is 0 Å². The number of amides is 1. The Kier molecular flexibility index (Phi) is 4.71. The van der Waals surface area contributed by atoms with E-state index in [1.165, 1.54) is 0 Å². The van der Waals surface area contributed by atoms with Crippen LogP contribution in [0.5, 0.6) is 5.75 Å². The first-order valence-corrected chi connectivity index (χ1v) is 6.60. The molecule has 0 unspecified atom stereocenters. The van der Waals surface area contributed by atoms with Crippen molar-refractivity contribution in [3.05, 3.63) is 42.8 Å². The van der Waals surface area contributed by atoms with Crippen molar-refractivity contribution < 1.29 is 14.1 Å². The molecule has 2 rings (SSSR count). The van der Waals surface area contributed by atoms with Gasteiger partial charge in [0.05, 0.1) is 6.10 Å². The summed E-state index contributed by atoms with van der Waals surface area (Å²) in [6, 6.07) is 7.27. The normalized spacial score (nSPS) is 10.4. The molecule has 1 aromatic carbocycles. The highest BCUT2D eigenvalue weighted by molar-refractivity contribution is 5.89. The van der Waals surface area contributed by atoms with E-state index in [1.54, 1.807) is 6.08 Å². The van der Waals surface area contributed by atoms with Crippen LogP contribution in [-0.4, -0.2) is 28.7 Å². The van der Waals surface area contributed by atoms with E-state index in [2.05, 4.69) is 22.0 Å². The third-order valence-corrected chi connectivity index (χ3v) is 2.51. The first-order valence-electron chi connectivity index (χ1n) is 6.60. The Hall–Kier alpha value is -2.63. The first kappa shape index (κ1) is 14.8. The van der Waals surface area contributed by atoms with E-state index in [0.29, 0.717) is 12.4 Å². The standard InChI is InChI=1S/C15H17N3O3/c1-4-9-16-14(19)15-17-13(18-21-15)11-5-7-12(8-6-11)20-10(2)3/h4-8,10H,1,9H2,2-3H3,(H,16,19). The highest BCUT2D eigenvalue weighted by atomic mass is 16.5. The fraction of sp³-hybridized carbons (Fsp3) is 0.267. The number of hydrogen-bond donors (Lipinski definition) is 1. The molecule has 0 radical (unpaired) electrons. The van der Waals surface area contributed by atoms with Gasteiger partial charge in [-0.1, -0.05) is 11.2 Å². The Labute approximate surface area is 122 Å². The fourth-order valence-electron chi connectivity index (χ4n) is 1.63. The van der Waals surface area contributed by atoms with E-state index in [-0.39, 0.29) is 12.0 Å². The highest BCUT2D eigenvalue weighted by Crippen LogP contribution is 2.20. The minimum absolute atomic E-state index is 0.0747. The number of nitrogens with zero attached hydrogens (tertiary/aromatic N) is 2. The van der Waals surface area contributed by atoms with Crippen LogP contribution in [0.25, 0.3) is 11.4 Å². The molecule has 2 aromatic rings. The fourth-order valence-corrected chi connectivity index (χ4v) is 1.63. The summed E-state index contributed by atoms with van der Waals surface area (Å²) < 4.78 is 10.5. The van der Waals surface area contributed by atoms with E-state index in [9.17, 15) is 4.79 Å². The Morgan fingerprint density at radius 3 is 2.76 bits per heavy atom. The molecule has 1 amide bonds. The second-order valence-electron chi connectivity index (χ2n) is 4.61. The maximum Gasteiger partial charge on any atom is 0.316 e. The molecule has 0 aliphatic heterocycles. The summed E-state index contributed by atoms with van der Waals surface area (Å²) in [7, 11) is 0. The molecule has 0 atom stereocenters. The van der Waals surface area contributed by atoms with Crippen molar-refractivity contribution in [3.8, 4) is 17.1 Å². The quantitative estimate of drug-likeness (QED) is 0.826. The number of aromatic nitrogens is 2. The monoisotopic (exact) mass is 287 g/mol. The molecule has 6 nitrogen and oxygen atoms in total. The van der Waals surface area contributed by atoms with Crippen molar-refractivity contribution in [2.24, 2.45) is 0 Å². The van der Waals surface area contributed by atoms with E-state index in [1.807, 2.05) is 38.1 Å². The van der Waals surface area contributed by atoms with E-state index in [0.717, 1.165) is 11.3 Å². The molecule has 0 aliphatic rings. The minimum Gasteiger partial charge on any atom is -0.491 e. The number of nitrogens with one attached hydrogen (secondary N) is 1. The maximum absolute atomic E-state index is 11.6. The summed E-state index contributed by atoms with van der Waals surface area (Å²) in [6.07, 6.45) is 1.68. The van der Waals surface area contributed by atoms with Crippen molar-refractivity contribution >= 4 is 5.91 Å². The van der Waals surface area contributed by atoms with Crippen LogP contribution >= 0.6 is 0 Å². The molecule has 6 heteroatoms. The molecule has 0 fully saturated rings. The average Bonchev–Trinajstić information content (AvgIpc) is 2.95.